The molecule has 1 saturated carbocycles. The number of H-pyrrole nitrogens is 1. The minimum Gasteiger partial charge on any atom is -0.293 e. The molecule has 0 amide bonds. The van der Waals surface area contributed by atoms with Crippen LogP contribution in [0.4, 0.5) is 0 Å². The van der Waals surface area contributed by atoms with Gasteiger partial charge < -0.3 is 0 Å². The van der Waals surface area contributed by atoms with Crippen LogP contribution < -0.4 is 0 Å². The monoisotopic (exact) mass is 329 g/mol. The highest BCUT2D eigenvalue weighted by molar-refractivity contribution is 9.12. The largest absolute Gasteiger partial charge is 0.293 e. The lowest BCUT2D eigenvalue weighted by atomic mass is 9.74. The van der Waals surface area contributed by atoms with Crippen LogP contribution >= 0.6 is 15.9 Å². The minimum atomic E-state index is 0.160. The van der Waals surface area contributed by atoms with Crippen LogP contribution in [0.3, 0.4) is 0 Å². The first-order valence-corrected chi connectivity index (χ1v) is 7.76. The molecule has 0 unspecified atom stereocenters. The summed E-state index contributed by atoms with van der Waals surface area (Å²) in [5.41, 5.74) is 5.81. The number of carbonyl (C=O) groups excluding carboxylic acids is 1. The average molecular weight is 330 g/mol. The zero-order chi connectivity index (χ0) is 13.5. The lowest BCUT2D eigenvalue weighted by Crippen LogP contribution is -2.25. The number of aromatic amines is 1. The molecule has 1 heterocycles. The summed E-state index contributed by atoms with van der Waals surface area (Å²) in [5, 5.41) is 11.1. The van der Waals surface area contributed by atoms with Gasteiger partial charge in [-0.3, -0.25) is 9.89 Å². The van der Waals surface area contributed by atoms with Crippen LogP contribution in [-0.2, 0) is 11.2 Å². The van der Waals surface area contributed by atoms with Gasteiger partial charge in [0.1, 0.15) is 5.52 Å². The van der Waals surface area contributed by atoms with E-state index >= 15 is 0 Å². The van der Waals surface area contributed by atoms with Gasteiger partial charge in [0.25, 0.3) is 0 Å². The molecule has 20 heavy (non-hydrogen) atoms. The summed E-state index contributed by atoms with van der Waals surface area (Å²) in [4.78, 5) is 12.4. The Morgan fingerprint density at radius 3 is 3.20 bits per heavy atom. The van der Waals surface area contributed by atoms with E-state index in [4.69, 9.17) is 0 Å². The topological polar surface area (TPSA) is 58.6 Å². The summed E-state index contributed by atoms with van der Waals surface area (Å²) >= 11 is 3.59. The van der Waals surface area contributed by atoms with Crippen molar-refractivity contribution in [3.63, 3.8) is 0 Å². The lowest BCUT2D eigenvalue weighted by molar-refractivity contribution is -0.118. The molecular weight excluding hydrogens is 318 g/mol. The molecule has 2 atom stereocenters. The van der Waals surface area contributed by atoms with Gasteiger partial charge in [0, 0.05) is 11.3 Å². The second kappa shape index (κ2) is 3.39. The first kappa shape index (κ1) is 11.2. The van der Waals surface area contributed by atoms with Gasteiger partial charge in [-0.25, -0.2) is 0 Å². The number of carbonyl (C=O) groups is 1. The van der Waals surface area contributed by atoms with Crippen molar-refractivity contribution in [1.82, 2.24) is 15.4 Å². The van der Waals surface area contributed by atoms with E-state index in [0.717, 1.165) is 41.2 Å². The molecule has 1 aromatic heterocycles. The Bertz CT molecular complexity index is 822. The van der Waals surface area contributed by atoms with Crippen LogP contribution in [0.15, 0.2) is 16.6 Å². The molecule has 2 aromatic rings. The summed E-state index contributed by atoms with van der Waals surface area (Å²) in [5.74, 6) is 0.511. The van der Waals surface area contributed by atoms with E-state index < -0.39 is 0 Å². The van der Waals surface area contributed by atoms with Crippen LogP contribution in [0.1, 0.15) is 30.4 Å². The number of rotatable bonds is 0. The summed E-state index contributed by atoms with van der Waals surface area (Å²) in [7, 11) is 0. The smallest absolute Gasteiger partial charge is 0.173 e. The molecule has 0 aliphatic heterocycles. The fourth-order valence-corrected chi connectivity index (χ4v) is 5.44. The van der Waals surface area contributed by atoms with Crippen LogP contribution in [0.2, 0.25) is 0 Å². The zero-order valence-electron chi connectivity index (χ0n) is 10.7. The zero-order valence-corrected chi connectivity index (χ0v) is 12.3. The van der Waals surface area contributed by atoms with E-state index in [-0.39, 0.29) is 11.3 Å². The number of allylic oxidation sites excluding steroid dienone is 2. The Labute approximate surface area is 123 Å². The van der Waals surface area contributed by atoms with E-state index in [1.165, 1.54) is 16.7 Å². The van der Waals surface area contributed by atoms with Gasteiger partial charge in [-0.2, -0.15) is 0 Å². The number of halogens is 1. The summed E-state index contributed by atoms with van der Waals surface area (Å²) in [6, 6.07) is 4.14. The minimum absolute atomic E-state index is 0.160. The number of hydrogen-bond acceptors (Lipinski definition) is 3. The number of nitrogens with zero attached hydrogens (tertiary/aromatic N) is 2. The van der Waals surface area contributed by atoms with Crippen LogP contribution in [0.25, 0.3) is 16.6 Å². The number of benzene rings is 1. The molecule has 1 spiro atoms. The number of aromatic nitrogens is 3. The van der Waals surface area contributed by atoms with Crippen LogP contribution in [-0.4, -0.2) is 21.2 Å². The maximum Gasteiger partial charge on any atom is 0.173 e. The predicted molar refractivity (Wildman–Crippen MR) is 78.2 cm³/mol. The summed E-state index contributed by atoms with van der Waals surface area (Å²) in [6.45, 7) is 0. The van der Waals surface area contributed by atoms with Gasteiger partial charge in [-0.15, -0.1) is 5.10 Å². The number of nitrogens with one attached hydrogen (secondary N) is 1. The van der Waals surface area contributed by atoms with Crippen LogP contribution in [0, 0.1) is 11.3 Å². The SMILES string of the molecule is O=C1C(Br)=C2c3ccc4[nH]nnc4c3C[C@@]23CC[C@@H]1C3. The molecule has 1 N–H and O–H groups in total. The van der Waals surface area contributed by atoms with Crippen molar-refractivity contribution in [2.45, 2.75) is 25.7 Å². The van der Waals surface area contributed by atoms with E-state index in [1.807, 2.05) is 6.07 Å². The first-order chi connectivity index (χ1) is 9.70. The van der Waals surface area contributed by atoms with Gasteiger partial charge in [0.05, 0.1) is 10.00 Å². The quantitative estimate of drug-likeness (QED) is 0.808. The van der Waals surface area contributed by atoms with Crippen molar-refractivity contribution < 1.29 is 4.79 Å². The highest BCUT2D eigenvalue weighted by atomic mass is 79.9. The molecule has 4 nitrogen and oxygen atoms in total. The number of Topliss-reactive ketones (excluding diaryl/α,β-unsaturated/α-hetero) is 1. The summed E-state index contributed by atoms with van der Waals surface area (Å²) < 4.78 is 0.813. The van der Waals surface area contributed by atoms with Gasteiger partial charge in [0.2, 0.25) is 0 Å². The standard InChI is InChI=1S/C15H12BrN3O/c16-12-11-8-1-2-10-13(18-19-17-10)9(8)6-15(11)4-3-7(5-15)14(12)20/h1-2,7H,3-6H2,(H,17,18,19)/t7-,15+/m1/s1. The van der Waals surface area contributed by atoms with E-state index in [9.17, 15) is 4.79 Å². The van der Waals surface area contributed by atoms with Gasteiger partial charge >= 0.3 is 0 Å². The van der Waals surface area contributed by atoms with Gasteiger partial charge in [-0.1, -0.05) is 11.3 Å². The molecule has 1 aromatic carbocycles. The Kier molecular flexibility index (Phi) is 1.90. The normalized spacial score (nSPS) is 31.1. The Balaban J connectivity index is 1.88. The van der Waals surface area contributed by atoms with Crippen molar-refractivity contribution in [3.8, 4) is 0 Å². The molecular formula is C15H12BrN3O. The van der Waals surface area contributed by atoms with E-state index in [2.05, 4.69) is 37.4 Å². The lowest BCUT2D eigenvalue weighted by Gasteiger charge is -2.30. The number of ketones is 1. The third-order valence-electron chi connectivity index (χ3n) is 5.33. The second-order valence-electron chi connectivity index (χ2n) is 6.25. The average Bonchev–Trinajstić information content (AvgIpc) is 3.11. The van der Waals surface area contributed by atoms with Crippen molar-refractivity contribution in [2.24, 2.45) is 11.3 Å². The predicted octanol–water partition coefficient (Wildman–Crippen LogP) is 2.99. The molecule has 1 fully saturated rings. The molecule has 5 rings (SSSR count). The Morgan fingerprint density at radius 1 is 1.40 bits per heavy atom. The highest BCUT2D eigenvalue weighted by Crippen LogP contribution is 2.63. The molecule has 5 heteroatoms. The van der Waals surface area contributed by atoms with Crippen LogP contribution in [0.5, 0.6) is 0 Å². The second-order valence-corrected chi connectivity index (χ2v) is 7.04. The fourth-order valence-electron chi connectivity index (χ4n) is 4.49. The molecule has 3 aliphatic carbocycles. The summed E-state index contributed by atoms with van der Waals surface area (Å²) in [6.07, 6.45) is 4.14. The van der Waals surface area contributed by atoms with Gasteiger partial charge in [0.15, 0.2) is 5.78 Å². The molecule has 3 aliphatic rings. The van der Waals surface area contributed by atoms with Crippen molar-refractivity contribution >= 4 is 38.3 Å². The maximum absolute atomic E-state index is 12.4. The van der Waals surface area contributed by atoms with E-state index in [0.29, 0.717) is 5.78 Å². The molecule has 0 radical (unpaired) electrons. The molecule has 0 saturated heterocycles. The number of fused-ring (bicyclic) bond motifs is 5. The highest BCUT2D eigenvalue weighted by Gasteiger charge is 2.54. The number of hydrogen-bond donors (Lipinski definition) is 1. The molecule has 100 valence electrons. The fraction of sp³-hybridized carbons (Fsp3) is 0.400. The van der Waals surface area contributed by atoms with Crippen molar-refractivity contribution in [2.75, 3.05) is 0 Å². The molecule has 2 bridgehead atoms. The van der Waals surface area contributed by atoms with Crippen molar-refractivity contribution in [1.29, 1.82) is 0 Å². The van der Waals surface area contributed by atoms with Gasteiger partial charge in [-0.05, 0) is 64.4 Å². The van der Waals surface area contributed by atoms with E-state index in [1.54, 1.807) is 0 Å². The third-order valence-corrected chi connectivity index (χ3v) is 6.12. The Hall–Kier alpha value is -1.49. The Morgan fingerprint density at radius 2 is 2.30 bits per heavy atom. The maximum atomic E-state index is 12.4. The first-order valence-electron chi connectivity index (χ1n) is 6.97. The third kappa shape index (κ3) is 1.12. The van der Waals surface area contributed by atoms with Crippen molar-refractivity contribution in [3.05, 3.63) is 27.7 Å².